The lowest BCUT2D eigenvalue weighted by Crippen LogP contribution is -2.32. The van der Waals surface area contributed by atoms with Gasteiger partial charge in [0.05, 0.1) is 0 Å². The molecular formula is C16H29N3. The second-order valence-corrected chi connectivity index (χ2v) is 6.00. The van der Waals surface area contributed by atoms with E-state index >= 15 is 0 Å². The van der Waals surface area contributed by atoms with Crippen molar-refractivity contribution in [2.75, 3.05) is 29.9 Å². The predicted octanol–water partition coefficient (Wildman–Crippen LogP) is 4.02. The number of rotatable bonds is 8. The first-order valence-corrected chi connectivity index (χ1v) is 7.48. The van der Waals surface area contributed by atoms with Gasteiger partial charge in [0.25, 0.3) is 0 Å². The molecule has 1 N–H and O–H groups in total. The maximum Gasteiger partial charge on any atom is 0.130 e. The van der Waals surface area contributed by atoms with Gasteiger partial charge < -0.3 is 10.2 Å². The number of hydrogen-bond donors (Lipinski definition) is 1. The molecule has 0 aromatic carbocycles. The molecule has 19 heavy (non-hydrogen) atoms. The first kappa shape index (κ1) is 15.8. The molecule has 3 nitrogen and oxygen atoms in total. The predicted molar refractivity (Wildman–Crippen MR) is 84.9 cm³/mol. The summed E-state index contributed by atoms with van der Waals surface area (Å²) in [6, 6.07) is 6.25. The highest BCUT2D eigenvalue weighted by Crippen LogP contribution is 2.17. The lowest BCUT2D eigenvalue weighted by Gasteiger charge is -2.27. The average Bonchev–Trinajstić information content (AvgIpc) is 2.35. The fourth-order valence-corrected chi connectivity index (χ4v) is 2.09. The van der Waals surface area contributed by atoms with Gasteiger partial charge in [-0.3, -0.25) is 0 Å². The maximum atomic E-state index is 4.73. The van der Waals surface area contributed by atoms with E-state index in [0.717, 1.165) is 37.7 Å². The fourth-order valence-electron chi connectivity index (χ4n) is 2.09. The maximum absolute atomic E-state index is 4.73. The van der Waals surface area contributed by atoms with Crippen molar-refractivity contribution >= 4 is 11.6 Å². The van der Waals surface area contributed by atoms with Crippen LogP contribution in [-0.2, 0) is 0 Å². The Bertz CT molecular complexity index is 351. The second-order valence-electron chi connectivity index (χ2n) is 6.00. The molecule has 0 fully saturated rings. The molecule has 0 amide bonds. The standard InChI is InChI=1S/C16H29N3/c1-6-10-17-15-8-7-9-16(18-15)19(11-13(2)3)12-14(4)5/h7-9,13-14H,6,10-12H2,1-5H3,(H,17,18). The van der Waals surface area contributed by atoms with Gasteiger partial charge in [-0.1, -0.05) is 40.7 Å². The van der Waals surface area contributed by atoms with Gasteiger partial charge >= 0.3 is 0 Å². The van der Waals surface area contributed by atoms with Crippen LogP contribution >= 0.6 is 0 Å². The molecule has 0 aliphatic rings. The summed E-state index contributed by atoms with van der Waals surface area (Å²) in [4.78, 5) is 7.13. The molecule has 1 aromatic heterocycles. The lowest BCUT2D eigenvalue weighted by atomic mass is 10.1. The van der Waals surface area contributed by atoms with Crippen molar-refractivity contribution in [3.05, 3.63) is 18.2 Å². The van der Waals surface area contributed by atoms with Crippen LogP contribution in [0.3, 0.4) is 0 Å². The van der Waals surface area contributed by atoms with Crippen LogP contribution in [0.15, 0.2) is 18.2 Å². The highest BCUT2D eigenvalue weighted by atomic mass is 15.2. The van der Waals surface area contributed by atoms with Crippen LogP contribution in [0.4, 0.5) is 11.6 Å². The summed E-state index contributed by atoms with van der Waals surface area (Å²) in [6.07, 6.45) is 1.12. The molecule has 1 rings (SSSR count). The van der Waals surface area contributed by atoms with Gasteiger partial charge in [0, 0.05) is 19.6 Å². The van der Waals surface area contributed by atoms with E-state index in [1.54, 1.807) is 0 Å². The van der Waals surface area contributed by atoms with Crippen molar-refractivity contribution in [1.29, 1.82) is 0 Å². The van der Waals surface area contributed by atoms with Crippen LogP contribution in [-0.4, -0.2) is 24.6 Å². The molecule has 0 bridgehead atoms. The number of nitrogens with one attached hydrogen (secondary N) is 1. The molecule has 3 heteroatoms. The number of pyridine rings is 1. The Labute approximate surface area is 118 Å². The van der Waals surface area contributed by atoms with Crippen molar-refractivity contribution in [3.63, 3.8) is 0 Å². The van der Waals surface area contributed by atoms with Gasteiger partial charge in [-0.25, -0.2) is 4.98 Å². The molecule has 0 unspecified atom stereocenters. The third kappa shape index (κ3) is 5.95. The molecule has 0 aliphatic carbocycles. The van der Waals surface area contributed by atoms with E-state index in [4.69, 9.17) is 4.98 Å². The molecule has 0 spiro atoms. The van der Waals surface area contributed by atoms with E-state index in [1.807, 2.05) is 6.07 Å². The van der Waals surface area contributed by atoms with Crippen LogP contribution in [0.5, 0.6) is 0 Å². The molecular weight excluding hydrogens is 234 g/mol. The van der Waals surface area contributed by atoms with Crippen molar-refractivity contribution < 1.29 is 0 Å². The van der Waals surface area contributed by atoms with E-state index in [1.165, 1.54) is 0 Å². The van der Waals surface area contributed by atoms with Crippen molar-refractivity contribution in [3.8, 4) is 0 Å². The molecule has 108 valence electrons. The van der Waals surface area contributed by atoms with Crippen LogP contribution in [0.25, 0.3) is 0 Å². The van der Waals surface area contributed by atoms with Gasteiger partial charge in [-0.05, 0) is 30.4 Å². The highest BCUT2D eigenvalue weighted by Gasteiger charge is 2.12. The normalized spacial score (nSPS) is 11.1. The number of anilines is 2. The molecule has 0 atom stereocenters. The number of hydrogen-bond acceptors (Lipinski definition) is 3. The van der Waals surface area contributed by atoms with Crippen LogP contribution < -0.4 is 10.2 Å². The van der Waals surface area contributed by atoms with Crippen molar-refractivity contribution in [1.82, 2.24) is 4.98 Å². The summed E-state index contributed by atoms with van der Waals surface area (Å²) in [5, 5.41) is 3.36. The van der Waals surface area contributed by atoms with E-state index in [-0.39, 0.29) is 0 Å². The molecule has 0 aliphatic heterocycles. The zero-order valence-corrected chi connectivity index (χ0v) is 13.1. The molecule has 0 radical (unpaired) electrons. The van der Waals surface area contributed by atoms with Crippen molar-refractivity contribution in [2.24, 2.45) is 11.8 Å². The largest absolute Gasteiger partial charge is 0.370 e. The lowest BCUT2D eigenvalue weighted by molar-refractivity contribution is 0.549. The third-order valence-electron chi connectivity index (χ3n) is 2.79. The van der Waals surface area contributed by atoms with Crippen LogP contribution in [0, 0.1) is 11.8 Å². The summed E-state index contributed by atoms with van der Waals surface area (Å²) in [6.45, 7) is 14.3. The van der Waals surface area contributed by atoms with Gasteiger partial charge in [-0.2, -0.15) is 0 Å². The highest BCUT2D eigenvalue weighted by molar-refractivity contribution is 5.47. The fraction of sp³-hybridized carbons (Fsp3) is 0.688. The van der Waals surface area contributed by atoms with E-state index in [0.29, 0.717) is 11.8 Å². The monoisotopic (exact) mass is 263 g/mol. The minimum atomic E-state index is 0.646. The van der Waals surface area contributed by atoms with Gasteiger partial charge in [0.15, 0.2) is 0 Å². The Morgan fingerprint density at radius 3 is 2.26 bits per heavy atom. The Morgan fingerprint density at radius 2 is 1.74 bits per heavy atom. The summed E-state index contributed by atoms with van der Waals surface area (Å²) in [7, 11) is 0. The van der Waals surface area contributed by atoms with E-state index < -0.39 is 0 Å². The van der Waals surface area contributed by atoms with Crippen LogP contribution in [0.1, 0.15) is 41.0 Å². The topological polar surface area (TPSA) is 28.2 Å². The zero-order valence-electron chi connectivity index (χ0n) is 13.1. The first-order chi connectivity index (χ1) is 9.02. The minimum Gasteiger partial charge on any atom is -0.370 e. The minimum absolute atomic E-state index is 0.646. The van der Waals surface area contributed by atoms with Crippen LogP contribution in [0.2, 0.25) is 0 Å². The van der Waals surface area contributed by atoms with E-state index in [9.17, 15) is 0 Å². The summed E-state index contributed by atoms with van der Waals surface area (Å²) >= 11 is 0. The Hall–Kier alpha value is -1.25. The van der Waals surface area contributed by atoms with Gasteiger partial charge in [0.2, 0.25) is 0 Å². The van der Waals surface area contributed by atoms with E-state index in [2.05, 4.69) is 57.0 Å². The summed E-state index contributed by atoms with van der Waals surface area (Å²) in [5.74, 6) is 3.36. The zero-order chi connectivity index (χ0) is 14.3. The molecule has 0 saturated carbocycles. The molecule has 0 saturated heterocycles. The second kappa shape index (κ2) is 8.03. The average molecular weight is 263 g/mol. The van der Waals surface area contributed by atoms with Gasteiger partial charge in [-0.15, -0.1) is 0 Å². The summed E-state index contributed by atoms with van der Waals surface area (Å²) < 4.78 is 0. The summed E-state index contributed by atoms with van der Waals surface area (Å²) in [5.41, 5.74) is 0. The first-order valence-electron chi connectivity index (χ1n) is 7.48. The SMILES string of the molecule is CCCNc1cccc(N(CC(C)C)CC(C)C)n1. The van der Waals surface area contributed by atoms with Gasteiger partial charge in [0.1, 0.15) is 11.6 Å². The number of aromatic nitrogens is 1. The Balaban J connectivity index is 2.81. The van der Waals surface area contributed by atoms with Crippen molar-refractivity contribution in [2.45, 2.75) is 41.0 Å². The Morgan fingerprint density at radius 1 is 1.11 bits per heavy atom. The molecule has 1 aromatic rings. The quantitative estimate of drug-likeness (QED) is 0.767. The molecule has 1 heterocycles. The third-order valence-corrected chi connectivity index (χ3v) is 2.79. The Kier molecular flexibility index (Phi) is 6.68. The smallest absolute Gasteiger partial charge is 0.130 e. The number of nitrogens with zero attached hydrogens (tertiary/aromatic N) is 2.